The number of ether oxygens (including phenoxy) is 1. The van der Waals surface area contributed by atoms with Crippen LogP contribution in [0.4, 0.5) is 0 Å². The zero-order valence-electron chi connectivity index (χ0n) is 21.0. The van der Waals surface area contributed by atoms with E-state index in [9.17, 15) is 9.59 Å². The predicted molar refractivity (Wildman–Crippen MR) is 147 cm³/mol. The highest BCUT2D eigenvalue weighted by molar-refractivity contribution is 7.14. The third kappa shape index (κ3) is 8.01. The molecule has 4 rings (SSSR count). The number of carbonyl (C=O) groups is 2. The van der Waals surface area contributed by atoms with Gasteiger partial charge in [0.15, 0.2) is 0 Å². The molecule has 8 nitrogen and oxygen atoms in total. The first-order chi connectivity index (χ1) is 17.9. The number of hydrogen-bond acceptors (Lipinski definition) is 6. The summed E-state index contributed by atoms with van der Waals surface area (Å²) < 4.78 is 6.12. The van der Waals surface area contributed by atoms with Gasteiger partial charge in [-0.1, -0.05) is 23.7 Å². The van der Waals surface area contributed by atoms with Gasteiger partial charge < -0.3 is 26.0 Å². The molecule has 200 valence electrons. The van der Waals surface area contributed by atoms with Crippen LogP contribution in [0.1, 0.15) is 53.8 Å². The number of piperidine rings is 1. The second-order valence-corrected chi connectivity index (χ2v) is 11.4. The minimum atomic E-state index is -0.561. The Morgan fingerprint density at radius 2 is 1.95 bits per heavy atom. The fraction of sp³-hybridized carbons (Fsp3) is 0.519. The van der Waals surface area contributed by atoms with Gasteiger partial charge in [-0.15, -0.1) is 11.3 Å². The minimum absolute atomic E-state index is 0.0142. The molecule has 2 saturated heterocycles. The Labute approximate surface area is 227 Å². The second kappa shape index (κ2) is 13.4. The Bertz CT molecular complexity index is 1070. The molecule has 0 aliphatic carbocycles. The van der Waals surface area contributed by atoms with Crippen molar-refractivity contribution >= 4 is 40.6 Å². The maximum absolute atomic E-state index is 13.2. The number of nitrogens with two attached hydrogens (primary N) is 1. The van der Waals surface area contributed by atoms with Gasteiger partial charge in [0.05, 0.1) is 24.1 Å². The van der Waals surface area contributed by atoms with E-state index in [-0.39, 0.29) is 23.8 Å². The molecule has 1 aromatic heterocycles. The number of nitrogens with zero attached hydrogens (tertiary/aromatic N) is 1. The van der Waals surface area contributed by atoms with E-state index in [1.165, 1.54) is 11.3 Å². The number of likely N-dealkylation sites (tertiary alicyclic amines) is 1. The van der Waals surface area contributed by atoms with Crippen molar-refractivity contribution in [3.63, 3.8) is 0 Å². The van der Waals surface area contributed by atoms with Crippen LogP contribution in [-0.2, 0) is 27.5 Å². The van der Waals surface area contributed by atoms with E-state index in [0.717, 1.165) is 49.2 Å². The molecule has 0 saturated carbocycles. The molecule has 0 unspecified atom stereocenters. The van der Waals surface area contributed by atoms with Crippen LogP contribution in [0.3, 0.4) is 0 Å². The second-order valence-electron chi connectivity index (χ2n) is 9.84. The number of halogens is 1. The summed E-state index contributed by atoms with van der Waals surface area (Å²) in [5.74, 6) is 0.525. The summed E-state index contributed by atoms with van der Waals surface area (Å²) in [6.45, 7) is 3.25. The van der Waals surface area contributed by atoms with Gasteiger partial charge in [0.1, 0.15) is 11.9 Å². The standard InChI is InChI=1S/C27H36ClN5O3S/c28-20-6-4-19(5-7-20)17-36-21-14-23(27(35)32-15-22-8-9-24(37-22)26(29)30)33(16-21)25(34)3-1-2-18-10-12-31-13-11-18/h4-9,18,21,23,31H,1-3,10-17H2,(H3,29,30)(H,32,35)/t21-,23-/m1/s1. The van der Waals surface area contributed by atoms with Crippen LogP contribution < -0.4 is 16.4 Å². The lowest BCUT2D eigenvalue weighted by molar-refractivity contribution is -0.138. The van der Waals surface area contributed by atoms with Crippen molar-refractivity contribution in [1.82, 2.24) is 15.5 Å². The van der Waals surface area contributed by atoms with Gasteiger partial charge in [-0.05, 0) is 74.5 Å². The van der Waals surface area contributed by atoms with E-state index in [0.29, 0.717) is 48.4 Å². The summed E-state index contributed by atoms with van der Waals surface area (Å²) in [6.07, 6.45) is 4.91. The van der Waals surface area contributed by atoms with Gasteiger partial charge in [0.25, 0.3) is 0 Å². The van der Waals surface area contributed by atoms with Gasteiger partial charge in [-0.2, -0.15) is 0 Å². The van der Waals surface area contributed by atoms with Crippen molar-refractivity contribution in [3.8, 4) is 0 Å². The maximum Gasteiger partial charge on any atom is 0.243 e. The number of thiophene rings is 1. The summed E-state index contributed by atoms with van der Waals surface area (Å²) in [5.41, 5.74) is 6.55. The summed E-state index contributed by atoms with van der Waals surface area (Å²) in [6, 6.07) is 10.6. The largest absolute Gasteiger partial charge is 0.383 e. The quantitative estimate of drug-likeness (QED) is 0.254. The minimum Gasteiger partial charge on any atom is -0.383 e. The fourth-order valence-corrected chi connectivity index (χ4v) is 5.94. The summed E-state index contributed by atoms with van der Waals surface area (Å²) in [4.78, 5) is 29.7. The SMILES string of the molecule is N=C(N)c1ccc(CNC(=O)[C@H]2C[C@@H](OCc3ccc(Cl)cc3)CN2C(=O)CCCC2CCNCC2)s1. The van der Waals surface area contributed by atoms with Crippen LogP contribution in [0.15, 0.2) is 36.4 Å². The molecule has 3 heterocycles. The highest BCUT2D eigenvalue weighted by atomic mass is 35.5. The average molecular weight is 546 g/mol. The van der Waals surface area contributed by atoms with Crippen LogP contribution in [0, 0.1) is 11.3 Å². The van der Waals surface area contributed by atoms with Gasteiger partial charge >= 0.3 is 0 Å². The normalized spacial score (nSPS) is 20.2. The summed E-state index contributed by atoms with van der Waals surface area (Å²) in [7, 11) is 0. The van der Waals surface area contributed by atoms with E-state index in [4.69, 9.17) is 27.5 Å². The van der Waals surface area contributed by atoms with Crippen molar-refractivity contribution < 1.29 is 14.3 Å². The molecule has 0 spiro atoms. The first-order valence-electron chi connectivity index (χ1n) is 13.0. The van der Waals surface area contributed by atoms with Crippen LogP contribution in [0.2, 0.25) is 5.02 Å². The van der Waals surface area contributed by atoms with E-state index in [1.807, 2.05) is 30.3 Å². The zero-order valence-corrected chi connectivity index (χ0v) is 22.6. The molecular weight excluding hydrogens is 510 g/mol. The summed E-state index contributed by atoms with van der Waals surface area (Å²) in [5, 5.41) is 14.6. The predicted octanol–water partition coefficient (Wildman–Crippen LogP) is 3.66. The lowest BCUT2D eigenvalue weighted by atomic mass is 9.92. The molecule has 0 radical (unpaired) electrons. The Balaban J connectivity index is 1.34. The van der Waals surface area contributed by atoms with Crippen molar-refractivity contribution in [3.05, 3.63) is 56.7 Å². The molecule has 5 N–H and O–H groups in total. The first-order valence-corrected chi connectivity index (χ1v) is 14.2. The Morgan fingerprint density at radius 1 is 1.19 bits per heavy atom. The van der Waals surface area contributed by atoms with Gasteiger partial charge in [0, 0.05) is 29.3 Å². The first kappa shape index (κ1) is 27.6. The van der Waals surface area contributed by atoms with Crippen molar-refractivity contribution in [1.29, 1.82) is 5.41 Å². The van der Waals surface area contributed by atoms with E-state index < -0.39 is 6.04 Å². The molecule has 0 bridgehead atoms. The van der Waals surface area contributed by atoms with E-state index in [1.54, 1.807) is 11.0 Å². The molecule has 2 aliphatic heterocycles. The molecule has 2 amide bonds. The van der Waals surface area contributed by atoms with Crippen molar-refractivity contribution in [2.75, 3.05) is 19.6 Å². The Morgan fingerprint density at radius 3 is 2.65 bits per heavy atom. The van der Waals surface area contributed by atoms with Gasteiger partial charge in [0.2, 0.25) is 11.8 Å². The zero-order chi connectivity index (χ0) is 26.2. The topological polar surface area (TPSA) is 121 Å². The number of nitrogens with one attached hydrogen (secondary N) is 3. The third-order valence-electron chi connectivity index (χ3n) is 7.11. The van der Waals surface area contributed by atoms with Crippen LogP contribution >= 0.6 is 22.9 Å². The molecule has 2 atom stereocenters. The number of hydrogen-bond donors (Lipinski definition) is 4. The average Bonchev–Trinajstić information content (AvgIpc) is 3.55. The Hall–Kier alpha value is -2.46. The molecule has 37 heavy (non-hydrogen) atoms. The Kier molecular flexibility index (Phi) is 9.96. The highest BCUT2D eigenvalue weighted by Crippen LogP contribution is 2.25. The van der Waals surface area contributed by atoms with E-state index in [2.05, 4.69) is 10.6 Å². The number of benzene rings is 1. The number of amides is 2. The summed E-state index contributed by atoms with van der Waals surface area (Å²) >= 11 is 7.36. The maximum atomic E-state index is 13.2. The molecule has 2 fully saturated rings. The highest BCUT2D eigenvalue weighted by Gasteiger charge is 2.39. The molecule has 2 aliphatic rings. The molecule has 10 heteroatoms. The van der Waals surface area contributed by atoms with Crippen LogP contribution in [0.5, 0.6) is 0 Å². The van der Waals surface area contributed by atoms with Crippen LogP contribution in [-0.4, -0.2) is 54.3 Å². The smallest absolute Gasteiger partial charge is 0.243 e. The number of nitrogen functional groups attached to an aromatic ring is 1. The third-order valence-corrected chi connectivity index (χ3v) is 8.48. The monoisotopic (exact) mass is 545 g/mol. The molecule has 1 aromatic carbocycles. The lowest BCUT2D eigenvalue weighted by Gasteiger charge is -2.25. The molecular formula is C27H36ClN5O3S. The van der Waals surface area contributed by atoms with Gasteiger partial charge in [-0.25, -0.2) is 0 Å². The fourth-order valence-electron chi connectivity index (χ4n) is 5.00. The van der Waals surface area contributed by atoms with Crippen molar-refractivity contribution in [2.45, 2.75) is 63.8 Å². The number of carbonyl (C=O) groups excluding carboxylic acids is 2. The van der Waals surface area contributed by atoms with E-state index >= 15 is 0 Å². The molecule has 2 aromatic rings. The van der Waals surface area contributed by atoms with Crippen LogP contribution in [0.25, 0.3) is 0 Å². The lowest BCUT2D eigenvalue weighted by Crippen LogP contribution is -2.45. The number of amidine groups is 1. The number of rotatable bonds is 11. The van der Waals surface area contributed by atoms with Gasteiger partial charge in [-0.3, -0.25) is 15.0 Å². The van der Waals surface area contributed by atoms with Crippen molar-refractivity contribution in [2.24, 2.45) is 11.7 Å².